The molecular weight excluding hydrogens is 316 g/mol. The molecule has 3 aromatic rings. The minimum atomic E-state index is -0.364. The first kappa shape index (κ1) is 16.8. The van der Waals surface area contributed by atoms with Crippen molar-refractivity contribution in [1.29, 1.82) is 0 Å². The van der Waals surface area contributed by atoms with Crippen molar-refractivity contribution in [2.45, 2.75) is 6.04 Å². The molecule has 3 rings (SSSR count). The molecule has 0 aliphatic heterocycles. The first-order chi connectivity index (χ1) is 12.2. The van der Waals surface area contributed by atoms with Gasteiger partial charge in [-0.25, -0.2) is 8.78 Å². The largest absolute Gasteiger partial charge is 0.272 e. The lowest BCUT2D eigenvalue weighted by atomic mass is 10.0. The summed E-state index contributed by atoms with van der Waals surface area (Å²) in [5.41, 5.74) is 2.66. The zero-order valence-corrected chi connectivity index (χ0v) is 13.6. The molecule has 0 aromatic heterocycles. The summed E-state index contributed by atoms with van der Waals surface area (Å²) in [5, 5.41) is 0. The smallest absolute Gasteiger partial charge is 0.123 e. The van der Waals surface area contributed by atoms with Gasteiger partial charge in [-0.05, 0) is 29.8 Å². The summed E-state index contributed by atoms with van der Waals surface area (Å²) >= 11 is 0. The maximum atomic E-state index is 13.7. The molecule has 0 N–H and O–H groups in total. The van der Waals surface area contributed by atoms with Gasteiger partial charge in [-0.3, -0.25) is 4.99 Å². The van der Waals surface area contributed by atoms with Crippen LogP contribution in [0.1, 0.15) is 22.7 Å². The monoisotopic (exact) mass is 333 g/mol. The van der Waals surface area contributed by atoms with E-state index in [-0.39, 0.29) is 17.7 Å². The van der Waals surface area contributed by atoms with Crippen LogP contribution in [0.3, 0.4) is 0 Å². The van der Waals surface area contributed by atoms with E-state index < -0.39 is 0 Å². The van der Waals surface area contributed by atoms with Gasteiger partial charge >= 0.3 is 0 Å². The van der Waals surface area contributed by atoms with Crippen molar-refractivity contribution in [2.24, 2.45) is 4.99 Å². The van der Waals surface area contributed by atoms with E-state index in [1.54, 1.807) is 30.3 Å². The van der Waals surface area contributed by atoms with E-state index in [9.17, 15) is 8.78 Å². The molecule has 1 atom stereocenters. The zero-order chi connectivity index (χ0) is 17.6. The van der Waals surface area contributed by atoms with Gasteiger partial charge in [-0.2, -0.15) is 0 Å². The zero-order valence-electron chi connectivity index (χ0n) is 13.6. The lowest BCUT2D eigenvalue weighted by Gasteiger charge is -2.13. The first-order valence-corrected chi connectivity index (χ1v) is 7.94. The fraction of sp³-hybridized carbons (Fsp3) is 0.0455. The average Bonchev–Trinajstić information content (AvgIpc) is 2.63. The summed E-state index contributed by atoms with van der Waals surface area (Å²) in [4.78, 5) is 4.75. The molecule has 0 heterocycles. The molecule has 1 unspecified atom stereocenters. The van der Waals surface area contributed by atoms with Crippen LogP contribution in [0.25, 0.3) is 0 Å². The van der Waals surface area contributed by atoms with Crippen LogP contribution in [-0.2, 0) is 0 Å². The Kier molecular flexibility index (Phi) is 5.14. The van der Waals surface area contributed by atoms with Crippen LogP contribution in [0.5, 0.6) is 0 Å². The van der Waals surface area contributed by atoms with Gasteiger partial charge in [0.1, 0.15) is 11.6 Å². The molecule has 25 heavy (non-hydrogen) atoms. The molecule has 1 nitrogen and oxygen atoms in total. The van der Waals surface area contributed by atoms with Crippen LogP contribution < -0.4 is 0 Å². The summed E-state index contributed by atoms with van der Waals surface area (Å²) in [7, 11) is 0. The van der Waals surface area contributed by atoms with Gasteiger partial charge in [-0.1, -0.05) is 60.7 Å². The van der Waals surface area contributed by atoms with E-state index in [1.165, 1.54) is 24.3 Å². The minimum Gasteiger partial charge on any atom is -0.272 e. The van der Waals surface area contributed by atoms with E-state index in [0.717, 1.165) is 5.56 Å². The van der Waals surface area contributed by atoms with Gasteiger partial charge in [0.05, 0.1) is 11.8 Å². The van der Waals surface area contributed by atoms with E-state index in [0.29, 0.717) is 16.8 Å². The quantitative estimate of drug-likeness (QED) is 0.418. The Morgan fingerprint density at radius 2 is 1.36 bits per heavy atom. The highest BCUT2D eigenvalue weighted by Gasteiger charge is 2.13. The van der Waals surface area contributed by atoms with Crippen LogP contribution in [-0.4, -0.2) is 5.71 Å². The van der Waals surface area contributed by atoms with Gasteiger partial charge in [0, 0.05) is 11.1 Å². The molecule has 124 valence electrons. The van der Waals surface area contributed by atoms with E-state index in [1.807, 2.05) is 30.3 Å². The third-order valence-electron chi connectivity index (χ3n) is 3.83. The maximum Gasteiger partial charge on any atom is 0.123 e. The minimum absolute atomic E-state index is 0.317. The lowest BCUT2D eigenvalue weighted by Crippen LogP contribution is -2.07. The normalized spacial score (nSPS) is 11.6. The fourth-order valence-electron chi connectivity index (χ4n) is 2.64. The maximum absolute atomic E-state index is 13.7. The van der Waals surface area contributed by atoms with E-state index in [2.05, 4.69) is 6.58 Å². The molecule has 0 spiro atoms. The Bertz CT molecular complexity index is 853. The second-order valence-electron chi connectivity index (χ2n) is 5.59. The van der Waals surface area contributed by atoms with Crippen molar-refractivity contribution < 1.29 is 8.78 Å². The topological polar surface area (TPSA) is 12.4 Å². The summed E-state index contributed by atoms with van der Waals surface area (Å²) in [5.74, 6) is -0.729. The highest BCUT2D eigenvalue weighted by molar-refractivity contribution is 6.13. The summed E-state index contributed by atoms with van der Waals surface area (Å²) in [6.45, 7) is 3.86. The average molecular weight is 333 g/mol. The number of benzene rings is 3. The van der Waals surface area contributed by atoms with Crippen LogP contribution in [0, 0.1) is 11.6 Å². The SMILES string of the molecule is C=CC(N=C(c1cccc(F)c1)c1cccc(F)c1)c1ccccc1. The molecule has 0 bridgehead atoms. The Morgan fingerprint density at radius 3 is 1.84 bits per heavy atom. The number of rotatable bonds is 5. The first-order valence-electron chi connectivity index (χ1n) is 7.94. The van der Waals surface area contributed by atoms with Crippen molar-refractivity contribution in [3.05, 3.63) is 120 Å². The van der Waals surface area contributed by atoms with Gasteiger partial charge in [-0.15, -0.1) is 6.58 Å². The molecule has 3 heteroatoms. The second kappa shape index (κ2) is 7.67. The Hall–Kier alpha value is -3.07. The highest BCUT2D eigenvalue weighted by atomic mass is 19.1. The number of aliphatic imine (C=N–C) groups is 1. The molecule has 0 saturated heterocycles. The fourth-order valence-corrected chi connectivity index (χ4v) is 2.64. The van der Waals surface area contributed by atoms with Crippen molar-refractivity contribution in [3.8, 4) is 0 Å². The van der Waals surface area contributed by atoms with Crippen molar-refractivity contribution >= 4 is 5.71 Å². The van der Waals surface area contributed by atoms with Gasteiger partial charge in [0.15, 0.2) is 0 Å². The third kappa shape index (κ3) is 4.07. The van der Waals surface area contributed by atoms with Crippen molar-refractivity contribution in [3.63, 3.8) is 0 Å². The summed E-state index contributed by atoms with van der Waals surface area (Å²) in [6, 6.07) is 21.6. The highest BCUT2D eigenvalue weighted by Crippen LogP contribution is 2.22. The molecular formula is C22H17F2N. The molecule has 0 amide bonds. The Morgan fingerprint density at radius 1 is 0.800 bits per heavy atom. The van der Waals surface area contributed by atoms with Crippen LogP contribution in [0.15, 0.2) is 96.5 Å². The van der Waals surface area contributed by atoms with E-state index >= 15 is 0 Å². The molecule has 0 aliphatic rings. The summed E-state index contributed by atoms with van der Waals surface area (Å²) in [6.07, 6.45) is 1.72. The van der Waals surface area contributed by atoms with Crippen molar-refractivity contribution in [2.75, 3.05) is 0 Å². The number of nitrogens with zero attached hydrogens (tertiary/aromatic N) is 1. The molecule has 3 aromatic carbocycles. The standard InChI is InChI=1S/C22H17F2N/c1-2-21(16-8-4-3-5-9-16)25-22(17-10-6-12-19(23)14-17)18-11-7-13-20(24)15-18/h2-15,21H,1H2. The number of hydrogen-bond donors (Lipinski definition) is 0. The number of halogens is 2. The van der Waals surface area contributed by atoms with Crippen LogP contribution in [0.2, 0.25) is 0 Å². The molecule has 0 fully saturated rings. The predicted molar refractivity (Wildman–Crippen MR) is 97.8 cm³/mol. The molecule has 0 saturated carbocycles. The van der Waals surface area contributed by atoms with Crippen molar-refractivity contribution in [1.82, 2.24) is 0 Å². The number of hydrogen-bond acceptors (Lipinski definition) is 1. The van der Waals surface area contributed by atoms with Crippen LogP contribution in [0.4, 0.5) is 8.78 Å². The second-order valence-corrected chi connectivity index (χ2v) is 5.59. The van der Waals surface area contributed by atoms with Gasteiger partial charge < -0.3 is 0 Å². The van der Waals surface area contributed by atoms with Gasteiger partial charge in [0.25, 0.3) is 0 Å². The van der Waals surface area contributed by atoms with Gasteiger partial charge in [0.2, 0.25) is 0 Å². The molecule has 0 radical (unpaired) electrons. The Labute approximate surface area is 146 Å². The lowest BCUT2D eigenvalue weighted by molar-refractivity contribution is 0.627. The predicted octanol–water partition coefficient (Wildman–Crippen LogP) is 5.73. The third-order valence-corrected chi connectivity index (χ3v) is 3.83. The van der Waals surface area contributed by atoms with E-state index in [4.69, 9.17) is 4.99 Å². The molecule has 0 aliphatic carbocycles. The van der Waals surface area contributed by atoms with Crippen LogP contribution >= 0.6 is 0 Å². The summed E-state index contributed by atoms with van der Waals surface area (Å²) < 4.78 is 27.4. The Balaban J connectivity index is 2.15.